The number of carbonyl (C=O) groups excluding carboxylic acids is 2. The standard InChI is InChI=1S/C17H12F4N4O2S2/c18-10-3-1-9(2-4-10)12-5-11-14(29-12)15(24-8-23-11)28-6-13(26)25-16(27)22-7-17(19,20)21/h1-5,8H,6-7H2,(H2,22,25,26,27). The molecule has 0 saturated carbocycles. The van der Waals surface area contributed by atoms with Crippen molar-refractivity contribution in [3.8, 4) is 10.4 Å². The van der Waals surface area contributed by atoms with Crippen LogP contribution in [0, 0.1) is 5.82 Å². The van der Waals surface area contributed by atoms with Crippen molar-refractivity contribution in [3.63, 3.8) is 0 Å². The van der Waals surface area contributed by atoms with Gasteiger partial charge in [0.2, 0.25) is 5.91 Å². The van der Waals surface area contributed by atoms with Crippen molar-refractivity contribution < 1.29 is 27.2 Å². The molecule has 0 atom stereocenters. The molecule has 3 aromatic rings. The van der Waals surface area contributed by atoms with E-state index in [9.17, 15) is 27.2 Å². The second-order valence-electron chi connectivity index (χ2n) is 5.65. The Bertz CT molecular complexity index is 1040. The highest BCUT2D eigenvalue weighted by atomic mass is 32.2. The van der Waals surface area contributed by atoms with Crippen LogP contribution in [0.15, 0.2) is 41.7 Å². The molecule has 0 fully saturated rings. The van der Waals surface area contributed by atoms with Crippen LogP contribution >= 0.6 is 23.1 Å². The minimum Gasteiger partial charge on any atom is -0.329 e. The normalized spacial score (nSPS) is 11.4. The summed E-state index contributed by atoms with van der Waals surface area (Å²) in [7, 11) is 0. The Balaban J connectivity index is 1.65. The number of urea groups is 1. The van der Waals surface area contributed by atoms with Crippen LogP contribution in [0.25, 0.3) is 20.7 Å². The molecule has 29 heavy (non-hydrogen) atoms. The van der Waals surface area contributed by atoms with Crippen LogP contribution in [0.4, 0.5) is 22.4 Å². The lowest BCUT2D eigenvalue weighted by Gasteiger charge is -2.08. The van der Waals surface area contributed by atoms with E-state index >= 15 is 0 Å². The third kappa shape index (κ3) is 5.87. The lowest BCUT2D eigenvalue weighted by molar-refractivity contribution is -0.124. The predicted molar refractivity (Wildman–Crippen MR) is 101 cm³/mol. The number of nitrogens with zero attached hydrogens (tertiary/aromatic N) is 2. The van der Waals surface area contributed by atoms with Crippen molar-refractivity contribution >= 4 is 45.3 Å². The third-order valence-electron chi connectivity index (χ3n) is 3.45. The molecule has 0 aliphatic heterocycles. The smallest absolute Gasteiger partial charge is 0.329 e. The van der Waals surface area contributed by atoms with Crippen molar-refractivity contribution in [3.05, 3.63) is 42.5 Å². The summed E-state index contributed by atoms with van der Waals surface area (Å²) in [6.07, 6.45) is -3.25. The van der Waals surface area contributed by atoms with Gasteiger partial charge in [-0.05, 0) is 23.8 Å². The highest BCUT2D eigenvalue weighted by Gasteiger charge is 2.28. The van der Waals surface area contributed by atoms with Crippen LogP contribution in [0.2, 0.25) is 0 Å². The van der Waals surface area contributed by atoms with Gasteiger partial charge >= 0.3 is 12.2 Å². The molecule has 12 heteroatoms. The van der Waals surface area contributed by atoms with Crippen molar-refractivity contribution in [1.29, 1.82) is 0 Å². The topological polar surface area (TPSA) is 84.0 Å². The summed E-state index contributed by atoms with van der Waals surface area (Å²) in [6, 6.07) is 6.53. The lowest BCUT2D eigenvalue weighted by atomic mass is 10.2. The van der Waals surface area contributed by atoms with Crippen molar-refractivity contribution in [2.45, 2.75) is 11.2 Å². The zero-order valence-electron chi connectivity index (χ0n) is 14.4. The van der Waals surface area contributed by atoms with Crippen LogP contribution in [-0.4, -0.2) is 40.4 Å². The number of halogens is 4. The van der Waals surface area contributed by atoms with Crippen molar-refractivity contribution in [1.82, 2.24) is 20.6 Å². The molecule has 152 valence electrons. The molecule has 3 rings (SSSR count). The molecule has 2 N–H and O–H groups in total. The van der Waals surface area contributed by atoms with Gasteiger partial charge in [-0.1, -0.05) is 23.9 Å². The number of imide groups is 1. The monoisotopic (exact) mass is 444 g/mol. The number of thiophene rings is 1. The number of carbonyl (C=O) groups is 2. The molecule has 0 saturated heterocycles. The number of hydrogen-bond donors (Lipinski definition) is 2. The average Bonchev–Trinajstić information content (AvgIpc) is 3.09. The van der Waals surface area contributed by atoms with E-state index in [0.29, 0.717) is 15.2 Å². The Hall–Kier alpha value is -2.73. The van der Waals surface area contributed by atoms with Crippen molar-refractivity contribution in [2.24, 2.45) is 0 Å². The SMILES string of the molecule is O=C(CSc1ncnc2cc(-c3ccc(F)cc3)sc12)NC(=O)NCC(F)(F)F. The minimum atomic E-state index is -4.57. The number of alkyl halides is 3. The first-order valence-electron chi connectivity index (χ1n) is 7.99. The summed E-state index contributed by atoms with van der Waals surface area (Å²) >= 11 is 2.37. The van der Waals surface area contributed by atoms with Crippen LogP contribution < -0.4 is 10.6 Å². The second-order valence-corrected chi connectivity index (χ2v) is 7.66. The van der Waals surface area contributed by atoms with E-state index < -0.39 is 24.7 Å². The van der Waals surface area contributed by atoms with Crippen LogP contribution in [0.3, 0.4) is 0 Å². The number of fused-ring (bicyclic) bond motifs is 1. The van der Waals surface area contributed by atoms with E-state index in [-0.39, 0.29) is 11.6 Å². The highest BCUT2D eigenvalue weighted by molar-refractivity contribution is 8.00. The highest BCUT2D eigenvalue weighted by Crippen LogP contribution is 2.36. The number of aromatic nitrogens is 2. The van der Waals surface area contributed by atoms with Crippen LogP contribution in [-0.2, 0) is 4.79 Å². The zero-order chi connectivity index (χ0) is 21.0. The first-order chi connectivity index (χ1) is 13.7. The summed E-state index contributed by atoms with van der Waals surface area (Å²) in [6.45, 7) is -1.53. The van der Waals surface area contributed by atoms with Gasteiger partial charge in [0.15, 0.2) is 0 Å². The molecule has 2 aromatic heterocycles. The Morgan fingerprint density at radius 1 is 1.14 bits per heavy atom. The molecule has 3 amide bonds. The molecule has 1 aromatic carbocycles. The maximum Gasteiger partial charge on any atom is 0.405 e. The Morgan fingerprint density at radius 2 is 1.86 bits per heavy atom. The molecule has 6 nitrogen and oxygen atoms in total. The fourth-order valence-electron chi connectivity index (χ4n) is 2.21. The van der Waals surface area contributed by atoms with Gasteiger partial charge in [-0.2, -0.15) is 13.2 Å². The molecule has 0 aliphatic rings. The molecule has 0 spiro atoms. The number of hydrogen-bond acceptors (Lipinski definition) is 6. The van der Waals surface area contributed by atoms with Gasteiger partial charge in [0.05, 0.1) is 16.0 Å². The van der Waals surface area contributed by atoms with Crippen LogP contribution in [0.5, 0.6) is 0 Å². The minimum absolute atomic E-state index is 0.227. The first-order valence-corrected chi connectivity index (χ1v) is 9.79. The maximum absolute atomic E-state index is 13.1. The van der Waals surface area contributed by atoms with Gasteiger partial charge in [-0.15, -0.1) is 11.3 Å². The number of nitrogens with one attached hydrogen (secondary N) is 2. The lowest BCUT2D eigenvalue weighted by Crippen LogP contribution is -2.43. The third-order valence-corrected chi connectivity index (χ3v) is 5.75. The summed E-state index contributed by atoms with van der Waals surface area (Å²) in [5.41, 5.74) is 1.43. The summed E-state index contributed by atoms with van der Waals surface area (Å²) in [4.78, 5) is 32.2. The molecule has 0 bridgehead atoms. The number of benzene rings is 1. The molecular weight excluding hydrogens is 432 g/mol. The average molecular weight is 444 g/mol. The van der Waals surface area contributed by atoms with Crippen LogP contribution in [0.1, 0.15) is 0 Å². The van der Waals surface area contributed by atoms with E-state index in [1.165, 1.54) is 29.8 Å². The van der Waals surface area contributed by atoms with Gasteiger partial charge in [0.1, 0.15) is 23.7 Å². The van der Waals surface area contributed by atoms with Gasteiger partial charge in [0.25, 0.3) is 0 Å². The number of thioether (sulfide) groups is 1. The molecule has 0 radical (unpaired) electrons. The Morgan fingerprint density at radius 3 is 2.55 bits per heavy atom. The van der Waals surface area contributed by atoms with Crippen molar-refractivity contribution in [2.75, 3.05) is 12.3 Å². The molecular formula is C17H12F4N4O2S2. The van der Waals surface area contributed by atoms with Gasteiger partial charge in [-0.25, -0.2) is 19.2 Å². The van der Waals surface area contributed by atoms with E-state index in [0.717, 1.165) is 22.2 Å². The molecule has 0 unspecified atom stereocenters. The second kappa shape index (κ2) is 8.74. The fraction of sp³-hybridized carbons (Fsp3) is 0.176. The summed E-state index contributed by atoms with van der Waals surface area (Å²) in [5.74, 6) is -1.34. The zero-order valence-corrected chi connectivity index (χ0v) is 16.1. The number of rotatable bonds is 5. The first kappa shape index (κ1) is 21.0. The Kier molecular flexibility index (Phi) is 6.33. The van der Waals surface area contributed by atoms with E-state index in [1.807, 2.05) is 11.4 Å². The van der Waals surface area contributed by atoms with E-state index in [2.05, 4.69) is 9.97 Å². The molecule has 0 aliphatic carbocycles. The van der Waals surface area contributed by atoms with Gasteiger partial charge in [-0.3, -0.25) is 10.1 Å². The summed E-state index contributed by atoms with van der Waals surface area (Å²) in [5, 5.41) is 3.86. The fourth-order valence-corrected chi connectivity index (χ4v) is 4.21. The Labute approximate surface area is 169 Å². The summed E-state index contributed by atoms with van der Waals surface area (Å²) < 4.78 is 50.0. The largest absolute Gasteiger partial charge is 0.405 e. The molecule has 2 heterocycles. The quantitative estimate of drug-likeness (QED) is 0.353. The van der Waals surface area contributed by atoms with E-state index in [4.69, 9.17) is 0 Å². The van der Waals surface area contributed by atoms with Gasteiger partial charge in [0, 0.05) is 4.88 Å². The van der Waals surface area contributed by atoms with E-state index in [1.54, 1.807) is 17.4 Å². The maximum atomic E-state index is 13.1. The number of amides is 3. The van der Waals surface area contributed by atoms with Gasteiger partial charge < -0.3 is 5.32 Å². The predicted octanol–water partition coefficient (Wildman–Crippen LogP) is 3.98.